The van der Waals surface area contributed by atoms with E-state index in [2.05, 4.69) is 36.5 Å². The summed E-state index contributed by atoms with van der Waals surface area (Å²) in [4.78, 5) is 22.3. The molecule has 1 atom stereocenters. The smallest absolute Gasteiger partial charge is 0.357 e. The predicted octanol–water partition coefficient (Wildman–Crippen LogP) is 2.10. The fraction of sp³-hybridized carbons (Fsp3) is 0.417. The molecule has 2 N–H and O–H groups in total. The van der Waals surface area contributed by atoms with E-state index in [1.165, 1.54) is 0 Å². The molecular formula is C12H15BrN6O3. The lowest BCUT2D eigenvalue weighted by atomic mass is 10.1. The molecule has 0 aliphatic carbocycles. The summed E-state index contributed by atoms with van der Waals surface area (Å²) >= 11 is 3.02. The van der Waals surface area contributed by atoms with Gasteiger partial charge in [0, 0.05) is 18.3 Å². The number of aryl methyl sites for hydroxylation is 2. The first-order valence-corrected chi connectivity index (χ1v) is 7.37. The van der Waals surface area contributed by atoms with Gasteiger partial charge in [-0.05, 0) is 41.6 Å². The van der Waals surface area contributed by atoms with Gasteiger partial charge in [-0.15, -0.1) is 5.10 Å². The lowest BCUT2D eigenvalue weighted by Gasteiger charge is -2.11. The third-order valence-electron chi connectivity index (χ3n) is 3.21. The quantitative estimate of drug-likeness (QED) is 0.616. The van der Waals surface area contributed by atoms with Gasteiger partial charge in [0.15, 0.2) is 5.69 Å². The maximum absolute atomic E-state index is 12.2. The van der Waals surface area contributed by atoms with Gasteiger partial charge in [-0.3, -0.25) is 9.48 Å². The van der Waals surface area contributed by atoms with Gasteiger partial charge in [-0.2, -0.15) is 5.10 Å². The van der Waals surface area contributed by atoms with Gasteiger partial charge in [-0.1, -0.05) is 5.10 Å². The summed E-state index contributed by atoms with van der Waals surface area (Å²) in [5, 5.41) is 23.7. The largest absolute Gasteiger partial charge is 0.358 e. The number of aromatic nitrogens is 4. The van der Waals surface area contributed by atoms with Gasteiger partial charge in [-0.25, -0.2) is 0 Å². The number of nitro groups is 1. The number of carbonyl (C=O) groups is 1. The average molecular weight is 371 g/mol. The van der Waals surface area contributed by atoms with E-state index in [4.69, 9.17) is 0 Å². The van der Waals surface area contributed by atoms with Gasteiger partial charge < -0.3 is 15.4 Å². The van der Waals surface area contributed by atoms with Crippen molar-refractivity contribution < 1.29 is 9.72 Å². The highest BCUT2D eigenvalue weighted by molar-refractivity contribution is 9.10. The molecule has 0 aliphatic heterocycles. The van der Waals surface area contributed by atoms with E-state index in [-0.39, 0.29) is 22.0 Å². The van der Waals surface area contributed by atoms with Crippen molar-refractivity contribution in [3.05, 3.63) is 37.7 Å². The first-order chi connectivity index (χ1) is 10.3. The summed E-state index contributed by atoms with van der Waals surface area (Å²) in [6.45, 7) is 6.38. The number of aromatic amines is 1. The molecule has 2 aromatic heterocycles. The molecule has 2 aromatic rings. The SMILES string of the molecule is CCn1cc(C(C)NC(=O)c2n[nH]c([N+](=O)[O-])c2Br)c(C)n1. The molecule has 2 heterocycles. The topological polar surface area (TPSA) is 119 Å². The number of amides is 1. The zero-order valence-corrected chi connectivity index (χ0v) is 13.8. The molecule has 0 saturated carbocycles. The third-order valence-corrected chi connectivity index (χ3v) is 3.96. The van der Waals surface area contributed by atoms with Crippen molar-refractivity contribution >= 4 is 27.7 Å². The fourth-order valence-electron chi connectivity index (χ4n) is 2.05. The van der Waals surface area contributed by atoms with E-state index in [1.54, 1.807) is 4.68 Å². The molecule has 10 heteroatoms. The van der Waals surface area contributed by atoms with Gasteiger partial charge >= 0.3 is 5.82 Å². The highest BCUT2D eigenvalue weighted by atomic mass is 79.9. The van der Waals surface area contributed by atoms with Crippen LogP contribution in [0.5, 0.6) is 0 Å². The Morgan fingerprint density at radius 1 is 1.64 bits per heavy atom. The molecule has 1 amide bonds. The molecule has 0 aliphatic rings. The monoisotopic (exact) mass is 370 g/mol. The van der Waals surface area contributed by atoms with Crippen molar-refractivity contribution in [2.45, 2.75) is 33.4 Å². The number of hydrogen-bond acceptors (Lipinski definition) is 5. The summed E-state index contributed by atoms with van der Waals surface area (Å²) < 4.78 is 1.81. The zero-order chi connectivity index (χ0) is 16.4. The minimum absolute atomic E-state index is 0.0307. The molecule has 0 fully saturated rings. The Labute approximate surface area is 134 Å². The first kappa shape index (κ1) is 16.1. The summed E-state index contributed by atoms with van der Waals surface area (Å²) in [7, 11) is 0. The van der Waals surface area contributed by atoms with Crippen LogP contribution in [0.25, 0.3) is 0 Å². The average Bonchev–Trinajstić information content (AvgIpc) is 3.01. The Balaban J connectivity index is 2.17. The lowest BCUT2D eigenvalue weighted by molar-refractivity contribution is -0.390. The molecule has 0 bridgehead atoms. The molecule has 1 unspecified atom stereocenters. The van der Waals surface area contributed by atoms with Gasteiger partial charge in [0.1, 0.15) is 4.47 Å². The van der Waals surface area contributed by atoms with Crippen molar-refractivity contribution in [1.82, 2.24) is 25.3 Å². The summed E-state index contributed by atoms with van der Waals surface area (Å²) in [6.07, 6.45) is 1.86. The minimum atomic E-state index is -0.646. The standard InChI is InChI=1S/C12H15BrN6O3/c1-4-18-5-8(7(3)17-18)6(2)14-12(20)10-9(13)11(16-15-10)19(21)22/h5-6H,4H2,1-3H3,(H,14,20)(H,15,16). The Hall–Kier alpha value is -2.23. The van der Waals surface area contributed by atoms with Crippen LogP contribution >= 0.6 is 15.9 Å². The number of hydrogen-bond donors (Lipinski definition) is 2. The second-order valence-corrected chi connectivity index (χ2v) is 5.51. The molecule has 9 nitrogen and oxygen atoms in total. The van der Waals surface area contributed by atoms with Crippen LogP contribution in [0.3, 0.4) is 0 Å². The third kappa shape index (κ3) is 3.01. The van der Waals surface area contributed by atoms with Crippen molar-refractivity contribution in [2.24, 2.45) is 0 Å². The van der Waals surface area contributed by atoms with Crippen LogP contribution in [0.1, 0.15) is 41.6 Å². The maximum atomic E-state index is 12.2. The van der Waals surface area contributed by atoms with Gasteiger partial charge in [0.25, 0.3) is 5.91 Å². The maximum Gasteiger partial charge on any atom is 0.357 e. The minimum Gasteiger partial charge on any atom is -0.358 e. The fourth-order valence-corrected chi connectivity index (χ4v) is 2.56. The normalized spacial score (nSPS) is 12.2. The van der Waals surface area contributed by atoms with E-state index in [0.29, 0.717) is 0 Å². The van der Waals surface area contributed by atoms with Crippen molar-refractivity contribution in [3.63, 3.8) is 0 Å². The number of halogens is 1. The molecule has 0 saturated heterocycles. The van der Waals surface area contributed by atoms with Crippen LogP contribution in [0.15, 0.2) is 10.7 Å². The molecule has 2 rings (SSSR count). The van der Waals surface area contributed by atoms with E-state index in [1.807, 2.05) is 27.0 Å². The number of carbonyl (C=O) groups excluding carboxylic acids is 1. The van der Waals surface area contributed by atoms with Crippen LogP contribution in [0.4, 0.5) is 5.82 Å². The second-order valence-electron chi connectivity index (χ2n) is 4.71. The zero-order valence-electron chi connectivity index (χ0n) is 12.3. The highest BCUT2D eigenvalue weighted by Crippen LogP contribution is 2.26. The summed E-state index contributed by atoms with van der Waals surface area (Å²) in [6, 6.07) is -0.296. The van der Waals surface area contributed by atoms with Crippen LogP contribution in [-0.2, 0) is 6.54 Å². The molecule has 0 aromatic carbocycles. The number of nitrogens with zero attached hydrogens (tertiary/aromatic N) is 4. The lowest BCUT2D eigenvalue weighted by Crippen LogP contribution is -2.27. The number of H-pyrrole nitrogens is 1. The molecule has 118 valence electrons. The molecule has 0 spiro atoms. The highest BCUT2D eigenvalue weighted by Gasteiger charge is 2.26. The van der Waals surface area contributed by atoms with E-state index < -0.39 is 10.8 Å². The Morgan fingerprint density at radius 2 is 2.32 bits per heavy atom. The number of nitrogens with one attached hydrogen (secondary N) is 2. The van der Waals surface area contributed by atoms with E-state index in [9.17, 15) is 14.9 Å². The Kier molecular flexibility index (Phi) is 4.59. The van der Waals surface area contributed by atoms with Crippen LogP contribution in [0, 0.1) is 17.0 Å². The van der Waals surface area contributed by atoms with Gasteiger partial charge in [0.05, 0.1) is 11.7 Å². The van der Waals surface area contributed by atoms with Gasteiger partial charge in [0.2, 0.25) is 0 Å². The van der Waals surface area contributed by atoms with Crippen molar-refractivity contribution in [2.75, 3.05) is 0 Å². The molecule has 22 heavy (non-hydrogen) atoms. The second kappa shape index (κ2) is 6.26. The summed E-state index contributed by atoms with van der Waals surface area (Å²) in [5.41, 5.74) is 1.65. The predicted molar refractivity (Wildman–Crippen MR) is 81.5 cm³/mol. The van der Waals surface area contributed by atoms with E-state index >= 15 is 0 Å². The van der Waals surface area contributed by atoms with E-state index in [0.717, 1.165) is 17.8 Å². The number of rotatable bonds is 5. The first-order valence-electron chi connectivity index (χ1n) is 6.58. The van der Waals surface area contributed by atoms with Crippen molar-refractivity contribution in [3.8, 4) is 0 Å². The molecular weight excluding hydrogens is 356 g/mol. The molecule has 0 radical (unpaired) electrons. The Morgan fingerprint density at radius 3 is 2.82 bits per heavy atom. The van der Waals surface area contributed by atoms with Crippen LogP contribution < -0.4 is 5.32 Å². The van der Waals surface area contributed by atoms with Crippen LogP contribution in [-0.4, -0.2) is 30.8 Å². The van der Waals surface area contributed by atoms with Crippen molar-refractivity contribution in [1.29, 1.82) is 0 Å². The summed E-state index contributed by atoms with van der Waals surface area (Å²) in [5.74, 6) is -0.861. The van der Waals surface area contributed by atoms with Crippen LogP contribution in [0.2, 0.25) is 0 Å². The Bertz CT molecular complexity index is 723.